The van der Waals surface area contributed by atoms with Crippen LogP contribution in [0.1, 0.15) is 5.56 Å². The summed E-state index contributed by atoms with van der Waals surface area (Å²) >= 11 is 0. The van der Waals surface area contributed by atoms with Crippen molar-refractivity contribution < 1.29 is 0 Å². The molecule has 0 amide bonds. The molecule has 5 heteroatoms. The van der Waals surface area contributed by atoms with Crippen molar-refractivity contribution in [1.82, 2.24) is 14.6 Å². The van der Waals surface area contributed by atoms with Crippen molar-refractivity contribution in [2.45, 2.75) is 0 Å². The summed E-state index contributed by atoms with van der Waals surface area (Å²) < 4.78 is 1.72. The van der Waals surface area contributed by atoms with Gasteiger partial charge in [-0.05, 0) is 12.1 Å². The van der Waals surface area contributed by atoms with Crippen molar-refractivity contribution in [2.24, 2.45) is 0 Å². The summed E-state index contributed by atoms with van der Waals surface area (Å²) in [5, 5.41) is 11.7. The van der Waals surface area contributed by atoms with Crippen LogP contribution in [0.15, 0.2) is 47.5 Å². The fourth-order valence-electron chi connectivity index (χ4n) is 1.87. The van der Waals surface area contributed by atoms with E-state index in [1.807, 2.05) is 0 Å². The lowest BCUT2D eigenvalue weighted by Crippen LogP contribution is -2.04. The van der Waals surface area contributed by atoms with Gasteiger partial charge in [-0.2, -0.15) is 5.26 Å². The number of nitrogens with zero attached hydrogens (tertiary/aromatic N) is 3. The highest BCUT2D eigenvalue weighted by Crippen LogP contribution is 2.18. The molecule has 0 spiro atoms. The van der Waals surface area contributed by atoms with E-state index in [2.05, 4.69) is 16.2 Å². The normalized spacial score (nSPS) is 10.4. The van der Waals surface area contributed by atoms with E-state index >= 15 is 0 Å². The van der Waals surface area contributed by atoms with Crippen LogP contribution in [0, 0.1) is 11.3 Å². The monoisotopic (exact) mass is 236 g/mol. The van der Waals surface area contributed by atoms with Crippen LogP contribution >= 0.6 is 0 Å². The molecule has 18 heavy (non-hydrogen) atoms. The number of hydrogen-bond donors (Lipinski definition) is 1. The number of benzene rings is 1. The Balaban J connectivity index is 2.27. The first-order valence-corrected chi connectivity index (χ1v) is 5.35. The number of pyridine rings is 1. The molecular weight excluding hydrogens is 228 g/mol. The van der Waals surface area contributed by atoms with Gasteiger partial charge in [-0.15, -0.1) is 0 Å². The summed E-state index contributed by atoms with van der Waals surface area (Å²) in [5.74, 6) is 0. The van der Waals surface area contributed by atoms with Gasteiger partial charge >= 0.3 is 0 Å². The second kappa shape index (κ2) is 3.86. The van der Waals surface area contributed by atoms with Crippen molar-refractivity contribution in [3.05, 3.63) is 58.5 Å². The topological polar surface area (TPSA) is 73.9 Å². The number of aromatic amines is 1. The Bertz CT molecular complexity index is 805. The van der Waals surface area contributed by atoms with Gasteiger partial charge in [-0.25, -0.2) is 9.50 Å². The molecule has 2 heterocycles. The van der Waals surface area contributed by atoms with Gasteiger partial charge in [0.1, 0.15) is 6.33 Å². The highest BCUT2D eigenvalue weighted by Gasteiger charge is 2.06. The number of aromatic nitrogens is 3. The van der Waals surface area contributed by atoms with Crippen LogP contribution in [0.5, 0.6) is 0 Å². The molecular formula is C13H8N4O. The van der Waals surface area contributed by atoms with E-state index in [1.54, 1.807) is 28.8 Å². The summed E-state index contributed by atoms with van der Waals surface area (Å²) in [4.78, 5) is 15.6. The average Bonchev–Trinajstić information content (AvgIpc) is 2.86. The maximum absolute atomic E-state index is 11.6. The third kappa shape index (κ3) is 1.57. The second-order valence-electron chi connectivity index (χ2n) is 3.85. The molecule has 2 aromatic heterocycles. The third-order valence-corrected chi connectivity index (χ3v) is 2.71. The molecule has 0 bridgehead atoms. The fraction of sp³-hybridized carbons (Fsp3) is 0. The predicted molar refractivity (Wildman–Crippen MR) is 66.0 cm³/mol. The molecule has 0 fully saturated rings. The first kappa shape index (κ1) is 10.3. The summed E-state index contributed by atoms with van der Waals surface area (Å²) in [6.45, 7) is 0. The van der Waals surface area contributed by atoms with Gasteiger partial charge < -0.3 is 0 Å². The van der Waals surface area contributed by atoms with Crippen LogP contribution in [-0.2, 0) is 0 Å². The van der Waals surface area contributed by atoms with Gasteiger partial charge in [0.15, 0.2) is 11.1 Å². The number of H-pyrrole nitrogens is 1. The van der Waals surface area contributed by atoms with E-state index < -0.39 is 0 Å². The van der Waals surface area contributed by atoms with E-state index in [9.17, 15) is 4.79 Å². The Hall–Kier alpha value is -2.87. The van der Waals surface area contributed by atoms with Crippen LogP contribution in [0.25, 0.3) is 16.9 Å². The van der Waals surface area contributed by atoms with Gasteiger partial charge in [0.25, 0.3) is 0 Å². The number of nitrogens with one attached hydrogen (secondary N) is 1. The standard InChI is InChI=1S/C13H8N4O/c14-7-9-1-3-10(4-2-9)12-5-11(18)6-13-15-8-16-17(12)13/h1-6,8H,(H,15,16). The second-order valence-corrected chi connectivity index (χ2v) is 3.85. The molecule has 3 rings (SSSR count). The minimum Gasteiger partial charge on any atom is -0.290 e. The zero-order chi connectivity index (χ0) is 12.5. The van der Waals surface area contributed by atoms with Gasteiger partial charge in [-0.3, -0.25) is 9.89 Å². The summed E-state index contributed by atoms with van der Waals surface area (Å²) in [7, 11) is 0. The van der Waals surface area contributed by atoms with Crippen LogP contribution in [0.4, 0.5) is 0 Å². The molecule has 0 aliphatic rings. The smallest absolute Gasteiger partial charge is 0.184 e. The first-order chi connectivity index (χ1) is 8.78. The predicted octanol–water partition coefficient (Wildman–Crippen LogP) is 1.56. The Morgan fingerprint density at radius 1 is 1.22 bits per heavy atom. The molecule has 0 aliphatic carbocycles. The minimum absolute atomic E-state index is 0.0959. The van der Waals surface area contributed by atoms with E-state index in [0.29, 0.717) is 11.2 Å². The van der Waals surface area contributed by atoms with Crippen molar-refractivity contribution in [3.8, 4) is 17.3 Å². The minimum atomic E-state index is -0.0959. The molecule has 5 nitrogen and oxygen atoms in total. The quantitative estimate of drug-likeness (QED) is 0.696. The molecule has 0 saturated carbocycles. The van der Waals surface area contributed by atoms with Crippen molar-refractivity contribution in [3.63, 3.8) is 0 Å². The number of hydrogen-bond acceptors (Lipinski definition) is 3. The van der Waals surface area contributed by atoms with Crippen LogP contribution < -0.4 is 5.43 Å². The Morgan fingerprint density at radius 2 is 2.00 bits per heavy atom. The maximum atomic E-state index is 11.6. The number of rotatable bonds is 1. The molecule has 1 N–H and O–H groups in total. The zero-order valence-corrected chi connectivity index (χ0v) is 9.29. The highest BCUT2D eigenvalue weighted by atomic mass is 16.1. The summed E-state index contributed by atoms with van der Waals surface area (Å²) in [6.07, 6.45) is 1.53. The SMILES string of the molecule is N#Cc1ccc(-c2cc(=O)cc3nc[nH]n23)cc1. The molecule has 0 saturated heterocycles. The zero-order valence-electron chi connectivity index (χ0n) is 9.29. The van der Waals surface area contributed by atoms with Crippen LogP contribution in [0.3, 0.4) is 0 Å². The molecule has 0 atom stereocenters. The molecule has 86 valence electrons. The van der Waals surface area contributed by atoms with E-state index in [1.165, 1.54) is 18.5 Å². The molecule has 3 aromatic rings. The van der Waals surface area contributed by atoms with Crippen molar-refractivity contribution in [1.29, 1.82) is 5.26 Å². The van der Waals surface area contributed by atoms with Crippen molar-refractivity contribution >= 4 is 5.65 Å². The lowest BCUT2D eigenvalue weighted by Gasteiger charge is -2.04. The van der Waals surface area contributed by atoms with Gasteiger partial charge in [-0.1, -0.05) is 12.1 Å². The van der Waals surface area contributed by atoms with E-state index in [4.69, 9.17) is 5.26 Å². The molecule has 0 radical (unpaired) electrons. The molecule has 1 aromatic carbocycles. The Labute approximate surface area is 102 Å². The highest BCUT2D eigenvalue weighted by molar-refractivity contribution is 5.63. The maximum Gasteiger partial charge on any atom is 0.184 e. The summed E-state index contributed by atoms with van der Waals surface area (Å²) in [5.41, 5.74) is 2.64. The first-order valence-electron chi connectivity index (χ1n) is 5.35. The largest absolute Gasteiger partial charge is 0.290 e. The van der Waals surface area contributed by atoms with E-state index in [-0.39, 0.29) is 5.43 Å². The molecule has 0 aliphatic heterocycles. The lowest BCUT2D eigenvalue weighted by atomic mass is 10.1. The Morgan fingerprint density at radius 3 is 2.72 bits per heavy atom. The number of nitriles is 1. The number of fused-ring (bicyclic) bond motifs is 1. The fourth-order valence-corrected chi connectivity index (χ4v) is 1.87. The summed E-state index contributed by atoms with van der Waals surface area (Å²) in [6, 6.07) is 12.1. The van der Waals surface area contributed by atoms with Crippen LogP contribution in [0.2, 0.25) is 0 Å². The van der Waals surface area contributed by atoms with Gasteiger partial charge in [0, 0.05) is 17.7 Å². The van der Waals surface area contributed by atoms with E-state index in [0.717, 1.165) is 11.3 Å². The lowest BCUT2D eigenvalue weighted by molar-refractivity contribution is 0.967. The third-order valence-electron chi connectivity index (χ3n) is 2.71. The van der Waals surface area contributed by atoms with Crippen LogP contribution in [-0.4, -0.2) is 14.6 Å². The van der Waals surface area contributed by atoms with Gasteiger partial charge in [0.05, 0.1) is 17.3 Å². The van der Waals surface area contributed by atoms with Gasteiger partial charge in [0.2, 0.25) is 0 Å². The Kier molecular flexibility index (Phi) is 2.21. The molecule has 0 unspecified atom stereocenters. The average molecular weight is 236 g/mol. The van der Waals surface area contributed by atoms with Crippen molar-refractivity contribution in [2.75, 3.05) is 0 Å².